The van der Waals surface area contributed by atoms with Crippen molar-refractivity contribution in [1.82, 2.24) is 9.80 Å². The topological polar surface area (TPSA) is 70.8 Å². The number of halogens is 2. The number of benzene rings is 3. The Morgan fingerprint density at radius 1 is 1.08 bits per heavy atom. The zero-order valence-electron chi connectivity index (χ0n) is 20.2. The number of hydrogen-bond acceptors (Lipinski definition) is 5. The third kappa shape index (κ3) is 5.83. The molecule has 0 aromatic heterocycles. The van der Waals surface area contributed by atoms with Crippen LogP contribution < -0.4 is 4.90 Å². The molecule has 0 saturated carbocycles. The Morgan fingerprint density at radius 2 is 1.78 bits per heavy atom. The Kier molecular flexibility index (Phi) is 8.17. The lowest BCUT2D eigenvalue weighted by atomic mass is 10.00. The Labute approximate surface area is 221 Å². The molecule has 2 atom stereocenters. The standard InChI is InChI=1S/C28H28Cl2N4O2/c1-32(2)28(36)22-9-12-25(24(30)15-22)34-14-13-33(17-26(34)20-7-10-23(29)11-8-20)18-27(35)21-5-3-19(16-31)4-6-21/h3-12,15,26-27,35H,13-14,17-18H2,1-2H3/t26-,27+/m0/s1. The van der Waals surface area contributed by atoms with Crippen LogP contribution in [0.1, 0.15) is 39.2 Å². The fraction of sp³-hybridized carbons (Fsp3) is 0.286. The van der Waals surface area contributed by atoms with Crippen molar-refractivity contribution in [2.24, 2.45) is 0 Å². The zero-order valence-corrected chi connectivity index (χ0v) is 21.7. The summed E-state index contributed by atoms with van der Waals surface area (Å²) in [5, 5.41) is 21.1. The number of aliphatic hydroxyl groups is 1. The van der Waals surface area contributed by atoms with E-state index in [1.165, 1.54) is 4.90 Å². The third-order valence-electron chi connectivity index (χ3n) is 6.49. The van der Waals surface area contributed by atoms with Crippen molar-refractivity contribution in [3.8, 4) is 6.07 Å². The maximum atomic E-state index is 12.4. The van der Waals surface area contributed by atoms with Gasteiger partial charge in [0.25, 0.3) is 5.91 Å². The molecular weight excluding hydrogens is 495 g/mol. The van der Waals surface area contributed by atoms with Crippen molar-refractivity contribution in [2.75, 3.05) is 45.2 Å². The lowest BCUT2D eigenvalue weighted by molar-refractivity contribution is 0.0827. The van der Waals surface area contributed by atoms with Crippen LogP contribution in [0.4, 0.5) is 5.69 Å². The van der Waals surface area contributed by atoms with E-state index < -0.39 is 6.10 Å². The van der Waals surface area contributed by atoms with Gasteiger partial charge in [-0.15, -0.1) is 0 Å². The minimum atomic E-state index is -0.671. The van der Waals surface area contributed by atoms with Crippen LogP contribution >= 0.6 is 23.2 Å². The molecule has 0 unspecified atom stereocenters. The van der Waals surface area contributed by atoms with Crippen molar-refractivity contribution < 1.29 is 9.90 Å². The molecule has 0 spiro atoms. The van der Waals surface area contributed by atoms with E-state index in [9.17, 15) is 9.90 Å². The Hall–Kier alpha value is -3.08. The highest BCUT2D eigenvalue weighted by molar-refractivity contribution is 6.33. The number of carbonyl (C=O) groups excluding carboxylic acids is 1. The van der Waals surface area contributed by atoms with E-state index in [4.69, 9.17) is 28.5 Å². The van der Waals surface area contributed by atoms with Crippen LogP contribution in [0.2, 0.25) is 10.0 Å². The number of amides is 1. The minimum Gasteiger partial charge on any atom is -0.387 e. The minimum absolute atomic E-state index is 0.0305. The molecule has 4 rings (SSSR count). The van der Waals surface area contributed by atoms with E-state index in [2.05, 4.69) is 15.9 Å². The predicted octanol–water partition coefficient (Wildman–Crippen LogP) is 5.16. The Morgan fingerprint density at radius 3 is 2.39 bits per heavy atom. The smallest absolute Gasteiger partial charge is 0.253 e. The molecular formula is C28H28Cl2N4O2. The molecule has 0 radical (unpaired) electrons. The van der Waals surface area contributed by atoms with E-state index in [0.29, 0.717) is 40.8 Å². The summed E-state index contributed by atoms with van der Waals surface area (Å²) in [6, 6.07) is 22.3. The predicted molar refractivity (Wildman–Crippen MR) is 144 cm³/mol. The number of anilines is 1. The molecule has 1 aliphatic heterocycles. The van der Waals surface area contributed by atoms with Crippen molar-refractivity contribution in [3.05, 3.63) is 99.0 Å². The number of nitrogens with zero attached hydrogens (tertiary/aromatic N) is 4. The summed E-state index contributed by atoms with van der Waals surface area (Å²) in [4.78, 5) is 18.4. The van der Waals surface area contributed by atoms with Crippen LogP contribution in [-0.2, 0) is 0 Å². The van der Waals surface area contributed by atoms with Crippen LogP contribution in [0.15, 0.2) is 66.7 Å². The van der Waals surface area contributed by atoms with E-state index in [1.807, 2.05) is 36.4 Å². The van der Waals surface area contributed by atoms with E-state index >= 15 is 0 Å². The monoisotopic (exact) mass is 522 g/mol. The molecule has 1 fully saturated rings. The van der Waals surface area contributed by atoms with Gasteiger partial charge >= 0.3 is 0 Å². The number of aliphatic hydroxyl groups excluding tert-OH is 1. The van der Waals surface area contributed by atoms with Gasteiger partial charge in [-0.2, -0.15) is 5.26 Å². The van der Waals surface area contributed by atoms with Crippen LogP contribution in [0.25, 0.3) is 0 Å². The lowest BCUT2D eigenvalue weighted by Crippen LogP contribution is -2.49. The number of carbonyl (C=O) groups is 1. The Bertz CT molecular complexity index is 1260. The maximum Gasteiger partial charge on any atom is 0.253 e. The molecule has 1 heterocycles. The van der Waals surface area contributed by atoms with Gasteiger partial charge in [0.15, 0.2) is 0 Å². The summed E-state index contributed by atoms with van der Waals surface area (Å²) in [5.74, 6) is -0.0979. The second-order valence-corrected chi connectivity index (χ2v) is 9.98. The molecule has 1 aliphatic rings. The normalized spacial score (nSPS) is 16.9. The number of nitriles is 1. The first-order valence-corrected chi connectivity index (χ1v) is 12.5. The molecule has 186 valence electrons. The van der Waals surface area contributed by atoms with Gasteiger partial charge in [-0.3, -0.25) is 9.69 Å². The molecule has 0 aliphatic carbocycles. The summed E-state index contributed by atoms with van der Waals surface area (Å²) in [5.41, 5.74) is 3.84. The second-order valence-electron chi connectivity index (χ2n) is 9.14. The molecule has 36 heavy (non-hydrogen) atoms. The van der Waals surface area contributed by atoms with E-state index in [1.54, 1.807) is 44.4 Å². The van der Waals surface area contributed by atoms with Crippen LogP contribution in [0.5, 0.6) is 0 Å². The van der Waals surface area contributed by atoms with E-state index in [0.717, 1.165) is 23.4 Å². The largest absolute Gasteiger partial charge is 0.387 e. The third-order valence-corrected chi connectivity index (χ3v) is 7.04. The fourth-order valence-corrected chi connectivity index (χ4v) is 4.94. The summed E-state index contributed by atoms with van der Waals surface area (Å²) >= 11 is 12.9. The summed E-state index contributed by atoms with van der Waals surface area (Å²) in [7, 11) is 3.43. The molecule has 1 amide bonds. The average molecular weight is 523 g/mol. The quantitative estimate of drug-likeness (QED) is 0.483. The molecule has 0 bridgehead atoms. The first kappa shape index (κ1) is 26.0. The Balaban J connectivity index is 1.58. The lowest BCUT2D eigenvalue weighted by Gasteiger charge is -2.44. The zero-order chi connectivity index (χ0) is 25.8. The van der Waals surface area contributed by atoms with Gasteiger partial charge in [0.2, 0.25) is 0 Å². The number of β-amino-alcohol motifs (C(OH)–C–C–N with tert-alkyl or cyclic N) is 1. The molecule has 8 heteroatoms. The average Bonchev–Trinajstić information content (AvgIpc) is 2.88. The fourth-order valence-electron chi connectivity index (χ4n) is 4.52. The van der Waals surface area contributed by atoms with Gasteiger partial charge in [0.1, 0.15) is 0 Å². The summed E-state index contributed by atoms with van der Waals surface area (Å²) < 4.78 is 0. The number of rotatable bonds is 6. The van der Waals surface area contributed by atoms with Crippen LogP contribution in [-0.4, -0.2) is 61.1 Å². The second kappa shape index (κ2) is 11.3. The van der Waals surface area contributed by atoms with Gasteiger partial charge in [-0.1, -0.05) is 47.5 Å². The number of piperazine rings is 1. The van der Waals surface area contributed by atoms with Crippen molar-refractivity contribution in [2.45, 2.75) is 12.1 Å². The first-order valence-electron chi connectivity index (χ1n) is 11.7. The van der Waals surface area contributed by atoms with Gasteiger partial charge in [-0.25, -0.2) is 0 Å². The van der Waals surface area contributed by atoms with Gasteiger partial charge < -0.3 is 14.9 Å². The van der Waals surface area contributed by atoms with Crippen LogP contribution in [0, 0.1) is 11.3 Å². The SMILES string of the molecule is CN(C)C(=O)c1ccc(N2CCN(C[C@@H](O)c3ccc(C#N)cc3)C[C@H]2c2ccc(Cl)cc2)c(Cl)c1. The highest BCUT2D eigenvalue weighted by Crippen LogP contribution is 2.36. The van der Waals surface area contributed by atoms with Crippen molar-refractivity contribution in [3.63, 3.8) is 0 Å². The molecule has 1 N–H and O–H groups in total. The molecule has 3 aromatic carbocycles. The maximum absolute atomic E-state index is 12.4. The van der Waals surface area contributed by atoms with Gasteiger partial charge in [0, 0.05) is 50.9 Å². The first-order chi connectivity index (χ1) is 17.3. The number of hydrogen-bond donors (Lipinski definition) is 1. The summed E-state index contributed by atoms with van der Waals surface area (Å²) in [6.45, 7) is 2.55. The molecule has 1 saturated heterocycles. The van der Waals surface area contributed by atoms with E-state index in [-0.39, 0.29) is 11.9 Å². The van der Waals surface area contributed by atoms with Gasteiger partial charge in [-0.05, 0) is 53.6 Å². The highest BCUT2D eigenvalue weighted by atomic mass is 35.5. The molecule has 3 aromatic rings. The molecule has 6 nitrogen and oxygen atoms in total. The van der Waals surface area contributed by atoms with Crippen molar-refractivity contribution >= 4 is 34.8 Å². The summed E-state index contributed by atoms with van der Waals surface area (Å²) in [6.07, 6.45) is -0.671. The highest BCUT2D eigenvalue weighted by Gasteiger charge is 2.31. The van der Waals surface area contributed by atoms with Gasteiger partial charge in [0.05, 0.1) is 34.5 Å². The van der Waals surface area contributed by atoms with Crippen LogP contribution in [0.3, 0.4) is 0 Å². The van der Waals surface area contributed by atoms with Crippen molar-refractivity contribution in [1.29, 1.82) is 5.26 Å².